The summed E-state index contributed by atoms with van der Waals surface area (Å²) >= 11 is 0. The molecule has 4 rings (SSSR count). The maximum absolute atomic E-state index is 12.9. The normalized spacial score (nSPS) is 13.8. The first-order valence-corrected chi connectivity index (χ1v) is 8.35. The van der Waals surface area contributed by atoms with Crippen LogP contribution < -0.4 is 5.32 Å². The Labute approximate surface area is 144 Å². The van der Waals surface area contributed by atoms with E-state index in [1.54, 1.807) is 7.05 Å². The molecule has 0 fully saturated rings. The molecule has 0 saturated carbocycles. The van der Waals surface area contributed by atoms with Crippen molar-refractivity contribution in [2.45, 2.75) is 26.4 Å². The number of hydrogen-bond donors (Lipinski definition) is 1. The summed E-state index contributed by atoms with van der Waals surface area (Å²) in [7, 11) is 1.81. The molecule has 8 nitrogen and oxygen atoms in total. The number of aromatic nitrogens is 5. The van der Waals surface area contributed by atoms with Crippen LogP contribution in [-0.2, 0) is 19.5 Å². The van der Waals surface area contributed by atoms with Crippen molar-refractivity contribution in [1.29, 1.82) is 0 Å². The number of amides is 1. The lowest BCUT2D eigenvalue weighted by molar-refractivity contribution is 0.0733. The van der Waals surface area contributed by atoms with Crippen molar-refractivity contribution in [2.75, 3.05) is 18.9 Å². The predicted octanol–water partition coefficient (Wildman–Crippen LogP) is 1.48. The van der Waals surface area contributed by atoms with E-state index in [2.05, 4.69) is 25.8 Å². The molecule has 25 heavy (non-hydrogen) atoms. The fourth-order valence-electron chi connectivity index (χ4n) is 3.15. The van der Waals surface area contributed by atoms with Gasteiger partial charge in [-0.3, -0.25) is 4.79 Å². The number of rotatable bonds is 3. The summed E-state index contributed by atoms with van der Waals surface area (Å²) in [6.45, 7) is 3.94. The maximum Gasteiger partial charge on any atom is 0.254 e. The molecule has 0 atom stereocenters. The molecule has 1 amide bonds. The number of carbonyl (C=O) groups is 1. The van der Waals surface area contributed by atoms with Gasteiger partial charge in [0.25, 0.3) is 5.91 Å². The fraction of sp³-hybridized carbons (Fsp3) is 0.353. The highest BCUT2D eigenvalue weighted by Gasteiger charge is 2.23. The monoisotopic (exact) mass is 337 g/mol. The average Bonchev–Trinajstić information content (AvgIpc) is 3.08. The largest absolute Gasteiger partial charge is 0.372 e. The lowest BCUT2D eigenvalue weighted by Crippen LogP contribution is -2.36. The molecule has 0 aliphatic carbocycles. The van der Waals surface area contributed by atoms with Crippen LogP contribution in [0.4, 0.5) is 5.82 Å². The Kier molecular flexibility index (Phi) is 3.79. The number of fused-ring (bicyclic) bond motifs is 2. The first kappa shape index (κ1) is 15.5. The van der Waals surface area contributed by atoms with Crippen molar-refractivity contribution in [3.05, 3.63) is 41.1 Å². The highest BCUT2D eigenvalue weighted by molar-refractivity contribution is 5.97. The summed E-state index contributed by atoms with van der Waals surface area (Å²) < 4.78 is 1.82. The van der Waals surface area contributed by atoms with E-state index in [1.807, 2.05) is 40.8 Å². The van der Waals surface area contributed by atoms with Gasteiger partial charge >= 0.3 is 0 Å². The van der Waals surface area contributed by atoms with E-state index < -0.39 is 0 Å². The Morgan fingerprint density at radius 2 is 2.12 bits per heavy atom. The summed E-state index contributed by atoms with van der Waals surface area (Å²) in [5.41, 5.74) is 4.32. The summed E-state index contributed by atoms with van der Waals surface area (Å²) in [5.74, 6) is 0.715. The molecule has 2 aromatic heterocycles. The van der Waals surface area contributed by atoms with Crippen LogP contribution in [0.2, 0.25) is 0 Å². The molecule has 0 spiro atoms. The molecule has 128 valence electrons. The van der Waals surface area contributed by atoms with Crippen LogP contribution in [0, 0.1) is 0 Å². The van der Waals surface area contributed by atoms with Gasteiger partial charge < -0.3 is 10.2 Å². The minimum atomic E-state index is 0.00131. The third-order valence-corrected chi connectivity index (χ3v) is 4.54. The van der Waals surface area contributed by atoms with Gasteiger partial charge in [0.1, 0.15) is 11.3 Å². The lowest BCUT2D eigenvalue weighted by Gasteiger charge is -2.28. The molecule has 0 saturated heterocycles. The van der Waals surface area contributed by atoms with Gasteiger partial charge in [0.15, 0.2) is 0 Å². The topological polar surface area (TPSA) is 88.8 Å². The Bertz CT molecular complexity index is 949. The second-order valence-corrected chi connectivity index (χ2v) is 6.04. The van der Waals surface area contributed by atoms with Crippen LogP contribution in [0.25, 0.3) is 11.0 Å². The molecular weight excluding hydrogens is 318 g/mol. The summed E-state index contributed by atoms with van der Waals surface area (Å²) in [6, 6.07) is 7.53. The third-order valence-electron chi connectivity index (χ3n) is 4.54. The van der Waals surface area contributed by atoms with E-state index in [-0.39, 0.29) is 5.91 Å². The highest BCUT2D eigenvalue weighted by atomic mass is 16.2. The number of nitrogens with one attached hydrogen (secondary N) is 1. The molecule has 3 heterocycles. The maximum atomic E-state index is 12.9. The summed E-state index contributed by atoms with van der Waals surface area (Å²) in [4.78, 5) is 14.7. The quantitative estimate of drug-likeness (QED) is 0.779. The van der Waals surface area contributed by atoms with Crippen molar-refractivity contribution in [1.82, 2.24) is 30.1 Å². The van der Waals surface area contributed by atoms with Gasteiger partial charge in [-0.2, -0.15) is 5.10 Å². The van der Waals surface area contributed by atoms with Crippen LogP contribution in [0.1, 0.15) is 28.5 Å². The van der Waals surface area contributed by atoms with Crippen molar-refractivity contribution in [3.63, 3.8) is 0 Å². The van der Waals surface area contributed by atoms with Gasteiger partial charge in [0.05, 0.1) is 11.2 Å². The standard InChI is InChI=1S/C17H19N7O/c1-3-24-15-5-4-11(8-14(15)20-22-24)17(25)23-7-6-13-12(10-23)9-16(18-2)21-19-13/h4-5,8-9H,3,6-7,10H2,1-2H3,(H,18,21). The van der Waals surface area contributed by atoms with E-state index in [9.17, 15) is 4.79 Å². The van der Waals surface area contributed by atoms with Crippen LogP contribution in [-0.4, -0.2) is 49.6 Å². The van der Waals surface area contributed by atoms with Gasteiger partial charge in [-0.15, -0.1) is 10.2 Å². The Morgan fingerprint density at radius 1 is 1.24 bits per heavy atom. The Hall–Kier alpha value is -3.03. The molecule has 0 bridgehead atoms. The van der Waals surface area contributed by atoms with Gasteiger partial charge in [-0.05, 0) is 36.8 Å². The van der Waals surface area contributed by atoms with E-state index in [0.717, 1.165) is 28.8 Å². The van der Waals surface area contributed by atoms with E-state index in [0.29, 0.717) is 30.9 Å². The van der Waals surface area contributed by atoms with E-state index in [1.165, 1.54) is 0 Å². The molecule has 1 aliphatic heterocycles. The second kappa shape index (κ2) is 6.12. The number of hydrogen-bond acceptors (Lipinski definition) is 6. The first-order chi connectivity index (χ1) is 12.2. The zero-order valence-electron chi connectivity index (χ0n) is 14.2. The Morgan fingerprint density at radius 3 is 2.92 bits per heavy atom. The van der Waals surface area contributed by atoms with Gasteiger partial charge in [0.2, 0.25) is 0 Å². The number of anilines is 1. The zero-order chi connectivity index (χ0) is 17.4. The number of carbonyl (C=O) groups excluding carboxylic acids is 1. The molecule has 1 aliphatic rings. The molecule has 1 N–H and O–H groups in total. The fourth-order valence-corrected chi connectivity index (χ4v) is 3.15. The van der Waals surface area contributed by atoms with Crippen LogP contribution in [0.5, 0.6) is 0 Å². The second-order valence-electron chi connectivity index (χ2n) is 6.04. The van der Waals surface area contributed by atoms with Crippen molar-refractivity contribution in [3.8, 4) is 0 Å². The number of aryl methyl sites for hydroxylation is 1. The lowest BCUT2D eigenvalue weighted by atomic mass is 10.0. The van der Waals surface area contributed by atoms with Gasteiger partial charge in [-0.25, -0.2) is 4.68 Å². The van der Waals surface area contributed by atoms with E-state index in [4.69, 9.17) is 0 Å². The molecule has 0 radical (unpaired) electrons. The highest BCUT2D eigenvalue weighted by Crippen LogP contribution is 2.21. The molecular formula is C17H19N7O. The third kappa shape index (κ3) is 2.69. The molecule has 1 aromatic carbocycles. The Balaban J connectivity index is 1.60. The molecule has 3 aromatic rings. The van der Waals surface area contributed by atoms with Crippen LogP contribution >= 0.6 is 0 Å². The molecule has 0 unspecified atom stereocenters. The number of nitrogens with zero attached hydrogens (tertiary/aromatic N) is 6. The van der Waals surface area contributed by atoms with E-state index >= 15 is 0 Å². The van der Waals surface area contributed by atoms with Crippen molar-refractivity contribution in [2.24, 2.45) is 0 Å². The first-order valence-electron chi connectivity index (χ1n) is 8.35. The summed E-state index contributed by atoms with van der Waals surface area (Å²) in [6.07, 6.45) is 0.715. The minimum Gasteiger partial charge on any atom is -0.372 e. The SMILES string of the molecule is CCn1nnc2cc(C(=O)N3CCc4nnc(NC)cc4C3)ccc21. The average molecular weight is 337 g/mol. The van der Waals surface area contributed by atoms with Crippen LogP contribution in [0.3, 0.4) is 0 Å². The van der Waals surface area contributed by atoms with Gasteiger partial charge in [0, 0.05) is 38.7 Å². The summed E-state index contributed by atoms with van der Waals surface area (Å²) in [5, 5.41) is 19.6. The zero-order valence-corrected chi connectivity index (χ0v) is 14.2. The smallest absolute Gasteiger partial charge is 0.254 e. The number of benzene rings is 1. The van der Waals surface area contributed by atoms with Crippen molar-refractivity contribution >= 4 is 22.8 Å². The van der Waals surface area contributed by atoms with Gasteiger partial charge in [-0.1, -0.05) is 5.21 Å². The minimum absolute atomic E-state index is 0.00131. The predicted molar refractivity (Wildman–Crippen MR) is 93.2 cm³/mol. The molecule has 8 heteroatoms. The van der Waals surface area contributed by atoms with Crippen LogP contribution in [0.15, 0.2) is 24.3 Å². The van der Waals surface area contributed by atoms with Crippen molar-refractivity contribution < 1.29 is 4.79 Å².